The number of hydrogen-bond acceptors (Lipinski definition) is 5. The van der Waals surface area contributed by atoms with Gasteiger partial charge in [-0.25, -0.2) is 4.79 Å². The summed E-state index contributed by atoms with van der Waals surface area (Å²) in [5.74, 6) is -0.376. The van der Waals surface area contributed by atoms with Gasteiger partial charge in [-0.3, -0.25) is 15.0 Å². The van der Waals surface area contributed by atoms with Crippen LogP contribution in [0.5, 0.6) is 0 Å². The molecule has 1 aliphatic rings. The Morgan fingerprint density at radius 2 is 2.42 bits per heavy atom. The summed E-state index contributed by atoms with van der Waals surface area (Å²) in [5.41, 5.74) is 4.95. The van der Waals surface area contributed by atoms with Crippen LogP contribution in [0.4, 0.5) is 4.79 Å². The summed E-state index contributed by atoms with van der Waals surface area (Å²) in [6, 6.07) is 2.78. The lowest BCUT2D eigenvalue weighted by Gasteiger charge is -2.35. The average Bonchev–Trinajstić information content (AvgIpc) is 2.91. The van der Waals surface area contributed by atoms with E-state index in [2.05, 4.69) is 5.32 Å². The summed E-state index contributed by atoms with van der Waals surface area (Å²) in [6.45, 7) is 3.62. The molecule has 0 aliphatic carbocycles. The van der Waals surface area contributed by atoms with Crippen molar-refractivity contribution in [2.24, 2.45) is 5.73 Å². The van der Waals surface area contributed by atoms with E-state index < -0.39 is 12.1 Å². The second-order valence-electron chi connectivity index (χ2n) is 4.40. The number of carbonyl (C=O) groups is 2. The third kappa shape index (κ3) is 3.52. The minimum Gasteiger partial charge on any atom is -0.370 e. The highest BCUT2D eigenvalue weighted by atomic mass is 32.1. The van der Waals surface area contributed by atoms with Gasteiger partial charge in [0.15, 0.2) is 0 Å². The number of primary amides is 1. The summed E-state index contributed by atoms with van der Waals surface area (Å²) < 4.78 is 5.71. The predicted octanol–water partition coefficient (Wildman–Crippen LogP) is 0.705. The fourth-order valence-electron chi connectivity index (χ4n) is 2.06. The van der Waals surface area contributed by atoms with Gasteiger partial charge >= 0.3 is 6.03 Å². The molecule has 1 fully saturated rings. The number of nitrogens with two attached hydrogens (primary N) is 1. The summed E-state index contributed by atoms with van der Waals surface area (Å²) in [7, 11) is 0. The molecule has 1 aliphatic heterocycles. The predicted molar refractivity (Wildman–Crippen MR) is 71.8 cm³/mol. The Kier molecular flexibility index (Phi) is 4.52. The number of nitrogens with zero attached hydrogens (tertiary/aromatic N) is 1. The molecule has 104 valence electrons. The van der Waals surface area contributed by atoms with Crippen molar-refractivity contribution in [1.82, 2.24) is 10.2 Å². The van der Waals surface area contributed by atoms with Crippen LogP contribution in [0, 0.1) is 0 Å². The Morgan fingerprint density at radius 1 is 1.63 bits per heavy atom. The van der Waals surface area contributed by atoms with Gasteiger partial charge in [0.1, 0.15) is 6.10 Å². The van der Waals surface area contributed by atoms with Crippen LogP contribution in [0.2, 0.25) is 0 Å². The molecule has 1 aromatic heterocycles. The third-order valence-corrected chi connectivity index (χ3v) is 4.10. The molecule has 3 amide bonds. The van der Waals surface area contributed by atoms with E-state index in [9.17, 15) is 9.59 Å². The van der Waals surface area contributed by atoms with Gasteiger partial charge in [0.25, 0.3) is 0 Å². The molecule has 2 heterocycles. The van der Waals surface area contributed by atoms with Crippen molar-refractivity contribution in [2.45, 2.75) is 19.1 Å². The highest BCUT2D eigenvalue weighted by Crippen LogP contribution is 2.26. The molecule has 1 aromatic rings. The first-order valence-electron chi connectivity index (χ1n) is 6.07. The maximum atomic E-state index is 11.8. The lowest BCUT2D eigenvalue weighted by atomic mass is 10.2. The molecular formula is C12H17N3O3S. The molecule has 6 nitrogen and oxygen atoms in total. The lowest BCUT2D eigenvalue weighted by Crippen LogP contribution is -2.52. The molecular weight excluding hydrogens is 266 g/mol. The third-order valence-electron chi connectivity index (χ3n) is 3.13. The number of carbonyl (C=O) groups excluding carboxylic acids is 2. The zero-order chi connectivity index (χ0) is 13.8. The minimum atomic E-state index is -0.820. The van der Waals surface area contributed by atoms with Gasteiger partial charge in [0.2, 0.25) is 5.91 Å². The maximum Gasteiger partial charge on any atom is 0.318 e. The number of imide groups is 1. The molecule has 0 aromatic carbocycles. The van der Waals surface area contributed by atoms with E-state index in [1.54, 1.807) is 18.3 Å². The first-order valence-corrected chi connectivity index (χ1v) is 6.95. The van der Waals surface area contributed by atoms with Crippen LogP contribution in [0.15, 0.2) is 17.5 Å². The van der Waals surface area contributed by atoms with Crippen molar-refractivity contribution in [2.75, 3.05) is 19.7 Å². The van der Waals surface area contributed by atoms with Crippen molar-refractivity contribution >= 4 is 23.3 Å². The average molecular weight is 283 g/mol. The molecule has 2 atom stereocenters. The van der Waals surface area contributed by atoms with E-state index >= 15 is 0 Å². The smallest absolute Gasteiger partial charge is 0.318 e. The molecule has 0 bridgehead atoms. The Morgan fingerprint density at radius 3 is 3.05 bits per heavy atom. The van der Waals surface area contributed by atoms with Crippen LogP contribution >= 0.6 is 11.3 Å². The number of thiophene rings is 1. The van der Waals surface area contributed by atoms with E-state index in [4.69, 9.17) is 10.5 Å². The fraction of sp³-hybridized carbons (Fsp3) is 0.500. The molecule has 19 heavy (non-hydrogen) atoms. The number of nitrogens with one attached hydrogen (secondary N) is 1. The molecule has 0 radical (unpaired) electrons. The van der Waals surface area contributed by atoms with Crippen molar-refractivity contribution in [3.8, 4) is 0 Å². The number of ether oxygens (including phenoxy) is 1. The zero-order valence-corrected chi connectivity index (χ0v) is 11.5. The fourth-order valence-corrected chi connectivity index (χ4v) is 2.82. The van der Waals surface area contributed by atoms with E-state index in [1.807, 2.05) is 22.4 Å². The van der Waals surface area contributed by atoms with Crippen LogP contribution in [0.1, 0.15) is 17.9 Å². The van der Waals surface area contributed by atoms with Crippen molar-refractivity contribution in [3.05, 3.63) is 22.4 Å². The van der Waals surface area contributed by atoms with Crippen LogP contribution in [-0.2, 0) is 9.53 Å². The molecule has 2 rings (SSSR count). The quantitative estimate of drug-likeness (QED) is 0.855. The highest BCUT2D eigenvalue weighted by Gasteiger charge is 2.29. The SMILES string of the molecule is CC(C(=O)NC(N)=O)N1CCOC(c2cccs2)C1. The van der Waals surface area contributed by atoms with Gasteiger partial charge in [-0.1, -0.05) is 6.07 Å². The number of morpholine rings is 1. The van der Waals surface area contributed by atoms with Gasteiger partial charge in [0, 0.05) is 18.0 Å². The van der Waals surface area contributed by atoms with Gasteiger partial charge in [0.05, 0.1) is 12.6 Å². The molecule has 3 N–H and O–H groups in total. The van der Waals surface area contributed by atoms with Crippen molar-refractivity contribution in [1.29, 1.82) is 0 Å². The number of amides is 3. The summed E-state index contributed by atoms with van der Waals surface area (Å²) in [5, 5.41) is 4.11. The van der Waals surface area contributed by atoms with Gasteiger partial charge in [-0.2, -0.15) is 0 Å². The molecule has 7 heteroatoms. The van der Waals surface area contributed by atoms with Crippen LogP contribution in [0.3, 0.4) is 0 Å². The van der Waals surface area contributed by atoms with Crippen LogP contribution < -0.4 is 11.1 Å². The minimum absolute atomic E-state index is 0.0161. The Balaban J connectivity index is 1.97. The van der Waals surface area contributed by atoms with Crippen molar-refractivity contribution in [3.63, 3.8) is 0 Å². The summed E-state index contributed by atoms with van der Waals surface area (Å²) in [4.78, 5) is 25.6. The summed E-state index contributed by atoms with van der Waals surface area (Å²) in [6.07, 6.45) is -0.0161. The van der Waals surface area contributed by atoms with Crippen LogP contribution in [-0.4, -0.2) is 42.6 Å². The monoisotopic (exact) mass is 283 g/mol. The molecule has 0 spiro atoms. The van der Waals surface area contributed by atoms with Crippen LogP contribution in [0.25, 0.3) is 0 Å². The van der Waals surface area contributed by atoms with E-state index in [0.717, 1.165) is 4.88 Å². The van der Waals surface area contributed by atoms with Gasteiger partial charge < -0.3 is 10.5 Å². The molecule has 1 saturated heterocycles. The number of rotatable bonds is 3. The first kappa shape index (κ1) is 14.0. The standard InChI is InChI=1S/C12H17N3O3S/c1-8(11(16)14-12(13)17)15-4-5-18-9(7-15)10-3-2-6-19-10/h2-3,6,8-9H,4-5,7H2,1H3,(H3,13,14,16,17). The van der Waals surface area contributed by atoms with Gasteiger partial charge in [-0.15, -0.1) is 11.3 Å². The zero-order valence-electron chi connectivity index (χ0n) is 10.7. The van der Waals surface area contributed by atoms with E-state index in [1.165, 1.54) is 0 Å². The molecule has 2 unspecified atom stereocenters. The van der Waals surface area contributed by atoms with E-state index in [0.29, 0.717) is 19.7 Å². The largest absolute Gasteiger partial charge is 0.370 e. The first-order chi connectivity index (χ1) is 9.08. The molecule has 0 saturated carbocycles. The summed E-state index contributed by atoms with van der Waals surface area (Å²) >= 11 is 1.64. The normalized spacial score (nSPS) is 21.8. The van der Waals surface area contributed by atoms with E-state index in [-0.39, 0.29) is 12.0 Å². The topological polar surface area (TPSA) is 84.7 Å². The van der Waals surface area contributed by atoms with Crippen molar-refractivity contribution < 1.29 is 14.3 Å². The number of hydrogen-bond donors (Lipinski definition) is 2. The Bertz CT molecular complexity index is 449. The second kappa shape index (κ2) is 6.14. The maximum absolute atomic E-state index is 11.8. The van der Waals surface area contributed by atoms with Gasteiger partial charge in [-0.05, 0) is 18.4 Å². The Labute approximate surface area is 115 Å². The lowest BCUT2D eigenvalue weighted by molar-refractivity contribution is -0.128. The second-order valence-corrected chi connectivity index (χ2v) is 5.38. The number of urea groups is 1. The highest BCUT2D eigenvalue weighted by molar-refractivity contribution is 7.10. The Hall–Kier alpha value is -1.44.